The molecule has 0 fully saturated rings. The monoisotopic (exact) mass is 227 g/mol. The number of amides is 1. The molecule has 0 bridgehead atoms. The first kappa shape index (κ1) is 15.5. The zero-order valence-electron chi connectivity index (χ0n) is 11.5. The van der Waals surface area contributed by atoms with Gasteiger partial charge in [-0.2, -0.15) is 0 Å². The van der Waals surface area contributed by atoms with Crippen LogP contribution in [0.1, 0.15) is 66.2 Å². The minimum atomic E-state index is 0.116. The number of hydrogen-bond acceptors (Lipinski definition) is 1. The van der Waals surface area contributed by atoms with Crippen molar-refractivity contribution < 1.29 is 4.79 Å². The van der Waals surface area contributed by atoms with Crippen molar-refractivity contribution in [1.29, 1.82) is 0 Å². The first-order valence-corrected chi connectivity index (χ1v) is 6.85. The molecule has 0 saturated heterocycles. The third-order valence-corrected chi connectivity index (χ3v) is 3.14. The lowest BCUT2D eigenvalue weighted by atomic mass is 10.0. The number of rotatable bonds is 9. The number of hydrogen-bond donors (Lipinski definition) is 1. The molecule has 0 saturated carbocycles. The highest BCUT2D eigenvalue weighted by Gasteiger charge is 2.04. The van der Waals surface area contributed by atoms with E-state index in [1.807, 2.05) is 13.8 Å². The van der Waals surface area contributed by atoms with E-state index < -0.39 is 0 Å². The lowest BCUT2D eigenvalue weighted by molar-refractivity contribution is -0.123. The molecule has 0 aliphatic rings. The second-order valence-corrected chi connectivity index (χ2v) is 5.16. The van der Waals surface area contributed by atoms with E-state index in [4.69, 9.17) is 0 Å². The third-order valence-electron chi connectivity index (χ3n) is 3.14. The Bertz CT molecular complexity index is 178. The molecule has 0 aromatic carbocycles. The van der Waals surface area contributed by atoms with Gasteiger partial charge in [0.2, 0.25) is 5.91 Å². The topological polar surface area (TPSA) is 29.1 Å². The standard InChI is InChI=1S/C14H29NO/c1-5-13(4)10-8-6-7-9-11-15-14(16)12(2)3/h12-13H,5-11H2,1-4H3,(H,15,16). The molecule has 1 amide bonds. The van der Waals surface area contributed by atoms with Crippen LogP contribution in [0.3, 0.4) is 0 Å². The van der Waals surface area contributed by atoms with Crippen LogP contribution in [-0.2, 0) is 4.79 Å². The van der Waals surface area contributed by atoms with E-state index in [1.54, 1.807) is 0 Å². The van der Waals surface area contributed by atoms with Crippen LogP contribution in [-0.4, -0.2) is 12.5 Å². The van der Waals surface area contributed by atoms with Crippen molar-refractivity contribution in [1.82, 2.24) is 5.32 Å². The van der Waals surface area contributed by atoms with Crippen LogP contribution < -0.4 is 5.32 Å². The summed E-state index contributed by atoms with van der Waals surface area (Å²) in [6, 6.07) is 0. The van der Waals surface area contributed by atoms with E-state index in [2.05, 4.69) is 19.2 Å². The van der Waals surface area contributed by atoms with Gasteiger partial charge in [0.15, 0.2) is 0 Å². The van der Waals surface area contributed by atoms with E-state index in [0.717, 1.165) is 18.9 Å². The zero-order valence-corrected chi connectivity index (χ0v) is 11.5. The maximum Gasteiger partial charge on any atom is 0.222 e. The summed E-state index contributed by atoms with van der Waals surface area (Å²) >= 11 is 0. The fourth-order valence-corrected chi connectivity index (χ4v) is 1.59. The zero-order chi connectivity index (χ0) is 12.4. The normalized spacial score (nSPS) is 12.8. The molecule has 1 N–H and O–H groups in total. The van der Waals surface area contributed by atoms with E-state index in [-0.39, 0.29) is 11.8 Å². The van der Waals surface area contributed by atoms with Gasteiger partial charge in [0, 0.05) is 12.5 Å². The van der Waals surface area contributed by atoms with Gasteiger partial charge in [-0.25, -0.2) is 0 Å². The predicted octanol–water partition coefficient (Wildman–Crippen LogP) is 3.76. The van der Waals surface area contributed by atoms with Crippen molar-refractivity contribution in [3.05, 3.63) is 0 Å². The molecule has 0 aromatic heterocycles. The molecule has 0 spiro atoms. The Kier molecular flexibility index (Phi) is 9.36. The van der Waals surface area contributed by atoms with Gasteiger partial charge in [0.05, 0.1) is 0 Å². The lowest BCUT2D eigenvalue weighted by Crippen LogP contribution is -2.28. The molecule has 1 unspecified atom stereocenters. The van der Waals surface area contributed by atoms with Crippen molar-refractivity contribution in [2.45, 2.75) is 66.2 Å². The summed E-state index contributed by atoms with van der Waals surface area (Å²) < 4.78 is 0. The highest BCUT2D eigenvalue weighted by atomic mass is 16.1. The highest BCUT2D eigenvalue weighted by Crippen LogP contribution is 2.12. The molecule has 0 aliphatic carbocycles. The van der Waals surface area contributed by atoms with E-state index in [0.29, 0.717) is 0 Å². The van der Waals surface area contributed by atoms with Crippen LogP contribution in [0, 0.1) is 11.8 Å². The summed E-state index contributed by atoms with van der Waals surface area (Å²) in [6.07, 6.45) is 7.67. The molecule has 0 radical (unpaired) electrons. The van der Waals surface area contributed by atoms with Crippen LogP contribution in [0.5, 0.6) is 0 Å². The average Bonchev–Trinajstić information content (AvgIpc) is 2.26. The molecular formula is C14H29NO. The van der Waals surface area contributed by atoms with Gasteiger partial charge in [0.25, 0.3) is 0 Å². The van der Waals surface area contributed by atoms with Crippen molar-refractivity contribution in [2.24, 2.45) is 11.8 Å². The summed E-state index contributed by atoms with van der Waals surface area (Å²) in [6.45, 7) is 9.29. The van der Waals surface area contributed by atoms with Gasteiger partial charge in [-0.15, -0.1) is 0 Å². The maximum atomic E-state index is 11.2. The van der Waals surface area contributed by atoms with Crippen molar-refractivity contribution >= 4 is 5.91 Å². The molecule has 2 heteroatoms. The van der Waals surface area contributed by atoms with Crippen LogP contribution >= 0.6 is 0 Å². The molecule has 0 heterocycles. The first-order valence-electron chi connectivity index (χ1n) is 6.85. The summed E-state index contributed by atoms with van der Waals surface area (Å²) in [5.74, 6) is 1.17. The molecule has 2 nitrogen and oxygen atoms in total. The summed E-state index contributed by atoms with van der Waals surface area (Å²) in [5, 5.41) is 2.95. The van der Waals surface area contributed by atoms with Crippen molar-refractivity contribution in [3.8, 4) is 0 Å². The Morgan fingerprint density at radius 1 is 1.06 bits per heavy atom. The Morgan fingerprint density at radius 2 is 1.69 bits per heavy atom. The van der Waals surface area contributed by atoms with Gasteiger partial charge in [-0.05, 0) is 12.3 Å². The third kappa shape index (κ3) is 8.75. The van der Waals surface area contributed by atoms with Crippen LogP contribution in [0.25, 0.3) is 0 Å². The second-order valence-electron chi connectivity index (χ2n) is 5.16. The van der Waals surface area contributed by atoms with Gasteiger partial charge in [0.1, 0.15) is 0 Å². The Hall–Kier alpha value is -0.530. The van der Waals surface area contributed by atoms with Gasteiger partial charge in [-0.3, -0.25) is 4.79 Å². The van der Waals surface area contributed by atoms with Gasteiger partial charge in [-0.1, -0.05) is 59.8 Å². The molecule has 1 atom stereocenters. The number of carbonyl (C=O) groups excluding carboxylic acids is 1. The maximum absolute atomic E-state index is 11.2. The second kappa shape index (κ2) is 9.68. The summed E-state index contributed by atoms with van der Waals surface area (Å²) in [5.41, 5.74) is 0. The SMILES string of the molecule is CCC(C)CCCCCCNC(=O)C(C)C. The van der Waals surface area contributed by atoms with Gasteiger partial charge < -0.3 is 5.32 Å². The predicted molar refractivity (Wildman–Crippen MR) is 70.4 cm³/mol. The smallest absolute Gasteiger partial charge is 0.222 e. The Balaban J connectivity index is 3.19. The minimum Gasteiger partial charge on any atom is -0.356 e. The largest absolute Gasteiger partial charge is 0.356 e. The first-order chi connectivity index (χ1) is 7.57. The van der Waals surface area contributed by atoms with Crippen molar-refractivity contribution in [3.63, 3.8) is 0 Å². The molecule has 96 valence electrons. The number of unbranched alkanes of at least 4 members (excludes halogenated alkanes) is 3. The quantitative estimate of drug-likeness (QED) is 0.597. The molecule has 0 aromatic rings. The van der Waals surface area contributed by atoms with Crippen LogP contribution in [0.2, 0.25) is 0 Å². The summed E-state index contributed by atoms with van der Waals surface area (Å²) in [4.78, 5) is 11.2. The minimum absolute atomic E-state index is 0.116. The number of nitrogens with one attached hydrogen (secondary N) is 1. The van der Waals surface area contributed by atoms with Crippen LogP contribution in [0.4, 0.5) is 0 Å². The van der Waals surface area contributed by atoms with E-state index in [1.165, 1.54) is 32.1 Å². The van der Waals surface area contributed by atoms with Crippen LogP contribution in [0.15, 0.2) is 0 Å². The average molecular weight is 227 g/mol. The fraction of sp³-hybridized carbons (Fsp3) is 0.929. The van der Waals surface area contributed by atoms with E-state index >= 15 is 0 Å². The molecule has 16 heavy (non-hydrogen) atoms. The van der Waals surface area contributed by atoms with Crippen molar-refractivity contribution in [2.75, 3.05) is 6.54 Å². The summed E-state index contributed by atoms with van der Waals surface area (Å²) in [7, 11) is 0. The lowest BCUT2D eigenvalue weighted by Gasteiger charge is -2.09. The molecular weight excluding hydrogens is 198 g/mol. The Morgan fingerprint density at radius 3 is 2.25 bits per heavy atom. The highest BCUT2D eigenvalue weighted by molar-refractivity contribution is 5.77. The molecule has 0 rings (SSSR count). The molecule has 0 aliphatic heterocycles. The van der Waals surface area contributed by atoms with E-state index in [9.17, 15) is 4.79 Å². The Labute approximate surface area is 101 Å². The fourth-order valence-electron chi connectivity index (χ4n) is 1.59. The van der Waals surface area contributed by atoms with Gasteiger partial charge >= 0.3 is 0 Å². The number of carbonyl (C=O) groups is 1.